The van der Waals surface area contributed by atoms with E-state index in [1.165, 1.54) is 0 Å². The third-order valence-electron chi connectivity index (χ3n) is 6.11. The molecule has 2 fully saturated rings. The van der Waals surface area contributed by atoms with Crippen LogP contribution in [0.5, 0.6) is 0 Å². The molecule has 1 unspecified atom stereocenters. The number of carbonyl (C=O) groups excluding carboxylic acids is 1. The number of anilines is 1. The van der Waals surface area contributed by atoms with Crippen LogP contribution in [0, 0.1) is 5.41 Å². The van der Waals surface area contributed by atoms with Crippen molar-refractivity contribution in [2.45, 2.75) is 37.7 Å². The quantitative estimate of drug-likeness (QED) is 0.915. The van der Waals surface area contributed by atoms with Crippen molar-refractivity contribution in [2.24, 2.45) is 5.41 Å². The van der Waals surface area contributed by atoms with Crippen LogP contribution in [0.15, 0.2) is 24.3 Å². The summed E-state index contributed by atoms with van der Waals surface area (Å²) in [6.45, 7) is 1.90. The number of benzene rings is 1. The molecular formula is C19H24N2O4. The number of rotatable bonds is 3. The molecule has 2 amide bonds. The van der Waals surface area contributed by atoms with Crippen molar-refractivity contribution >= 4 is 17.7 Å². The normalized spacial score (nSPS) is 27.1. The molecule has 25 heavy (non-hydrogen) atoms. The van der Waals surface area contributed by atoms with Gasteiger partial charge in [-0.3, -0.25) is 9.69 Å². The molecule has 1 aromatic carbocycles. The Kier molecular flexibility index (Phi) is 3.95. The number of hydrogen-bond donors (Lipinski definition) is 1. The summed E-state index contributed by atoms with van der Waals surface area (Å²) in [6, 6.07) is 7.80. The Hall–Kier alpha value is -2.08. The first-order chi connectivity index (χ1) is 12.1. The molecule has 0 radical (unpaired) electrons. The van der Waals surface area contributed by atoms with Gasteiger partial charge in [0.1, 0.15) is 0 Å². The monoisotopic (exact) mass is 344 g/mol. The van der Waals surface area contributed by atoms with Gasteiger partial charge < -0.3 is 14.7 Å². The number of fused-ring (bicyclic) bond motifs is 1. The molecule has 134 valence electrons. The first-order valence-corrected chi connectivity index (χ1v) is 8.98. The van der Waals surface area contributed by atoms with Gasteiger partial charge in [0.05, 0.1) is 11.5 Å². The summed E-state index contributed by atoms with van der Waals surface area (Å²) in [4.78, 5) is 28.5. The van der Waals surface area contributed by atoms with Crippen molar-refractivity contribution in [3.05, 3.63) is 29.8 Å². The minimum Gasteiger partial charge on any atom is -0.481 e. The van der Waals surface area contributed by atoms with E-state index in [4.69, 9.17) is 4.74 Å². The Morgan fingerprint density at radius 1 is 1.20 bits per heavy atom. The van der Waals surface area contributed by atoms with E-state index in [0.717, 1.165) is 30.5 Å². The highest BCUT2D eigenvalue weighted by Gasteiger charge is 2.57. The molecule has 1 saturated heterocycles. The van der Waals surface area contributed by atoms with E-state index in [9.17, 15) is 14.7 Å². The van der Waals surface area contributed by atoms with E-state index in [-0.39, 0.29) is 18.1 Å². The fraction of sp³-hybridized carbons (Fsp3) is 0.579. The lowest BCUT2D eigenvalue weighted by Gasteiger charge is -2.38. The zero-order valence-electron chi connectivity index (χ0n) is 14.5. The molecule has 1 aliphatic carbocycles. The molecule has 6 heteroatoms. The van der Waals surface area contributed by atoms with Gasteiger partial charge in [0.2, 0.25) is 0 Å². The summed E-state index contributed by atoms with van der Waals surface area (Å²) in [5.74, 6) is -0.704. The fourth-order valence-electron chi connectivity index (χ4n) is 4.45. The topological polar surface area (TPSA) is 70.1 Å². The highest BCUT2D eigenvalue weighted by Crippen LogP contribution is 2.60. The molecule has 0 aromatic heterocycles. The van der Waals surface area contributed by atoms with E-state index >= 15 is 0 Å². The summed E-state index contributed by atoms with van der Waals surface area (Å²) in [5.41, 5.74) is 1.25. The minimum atomic E-state index is -0.699. The van der Waals surface area contributed by atoms with E-state index in [1.54, 1.807) is 7.11 Å². The number of urea groups is 1. The maximum absolute atomic E-state index is 13.0. The number of carbonyl (C=O) groups is 2. The van der Waals surface area contributed by atoms with E-state index < -0.39 is 11.4 Å². The zero-order valence-corrected chi connectivity index (χ0v) is 14.5. The van der Waals surface area contributed by atoms with Crippen molar-refractivity contribution in [3.63, 3.8) is 0 Å². The molecule has 2 aliphatic heterocycles. The second-order valence-electron chi connectivity index (χ2n) is 7.39. The number of ether oxygens (including phenoxy) is 1. The number of methoxy groups -OCH3 is 1. The SMILES string of the molecule is CO[C@H]1CCN(C(=O)N2CCC(C3(C(=O)O)CC3)c3ccccc32)C1. The first kappa shape index (κ1) is 16.4. The van der Waals surface area contributed by atoms with Crippen molar-refractivity contribution in [2.75, 3.05) is 31.6 Å². The van der Waals surface area contributed by atoms with Crippen LogP contribution in [0.1, 0.15) is 37.2 Å². The molecule has 3 aliphatic rings. The van der Waals surface area contributed by atoms with Gasteiger partial charge in [0.15, 0.2) is 0 Å². The summed E-state index contributed by atoms with van der Waals surface area (Å²) >= 11 is 0. The molecule has 1 aromatic rings. The number of para-hydroxylation sites is 1. The van der Waals surface area contributed by atoms with E-state index in [0.29, 0.717) is 26.1 Å². The maximum atomic E-state index is 13.0. The third-order valence-corrected chi connectivity index (χ3v) is 6.11. The van der Waals surface area contributed by atoms with Gasteiger partial charge in [-0.15, -0.1) is 0 Å². The number of likely N-dealkylation sites (tertiary alicyclic amines) is 1. The average Bonchev–Trinajstić information content (AvgIpc) is 3.30. The van der Waals surface area contributed by atoms with Crippen LogP contribution in [0.25, 0.3) is 0 Å². The Balaban J connectivity index is 1.61. The second-order valence-corrected chi connectivity index (χ2v) is 7.39. The first-order valence-electron chi connectivity index (χ1n) is 8.98. The number of amides is 2. The van der Waals surface area contributed by atoms with Gasteiger partial charge in [-0.05, 0) is 37.3 Å². The highest BCUT2D eigenvalue weighted by atomic mass is 16.5. The van der Waals surface area contributed by atoms with Gasteiger partial charge >= 0.3 is 12.0 Å². The van der Waals surface area contributed by atoms with Crippen LogP contribution in [0.3, 0.4) is 0 Å². The van der Waals surface area contributed by atoms with Crippen molar-refractivity contribution in [3.8, 4) is 0 Å². The van der Waals surface area contributed by atoms with Crippen LogP contribution in [0.4, 0.5) is 10.5 Å². The molecule has 0 bridgehead atoms. The van der Waals surface area contributed by atoms with Crippen molar-refractivity contribution in [1.29, 1.82) is 0 Å². The molecule has 1 N–H and O–H groups in total. The van der Waals surface area contributed by atoms with Crippen LogP contribution in [-0.2, 0) is 9.53 Å². The van der Waals surface area contributed by atoms with Gasteiger partial charge in [-0.25, -0.2) is 4.79 Å². The Morgan fingerprint density at radius 2 is 1.96 bits per heavy atom. The molecule has 6 nitrogen and oxygen atoms in total. The predicted molar refractivity (Wildman–Crippen MR) is 92.8 cm³/mol. The van der Waals surface area contributed by atoms with E-state index in [1.807, 2.05) is 34.1 Å². The van der Waals surface area contributed by atoms with Crippen LogP contribution < -0.4 is 4.90 Å². The summed E-state index contributed by atoms with van der Waals surface area (Å²) < 4.78 is 5.37. The largest absolute Gasteiger partial charge is 0.481 e. The molecule has 0 spiro atoms. The van der Waals surface area contributed by atoms with Gasteiger partial charge in [-0.2, -0.15) is 0 Å². The smallest absolute Gasteiger partial charge is 0.324 e. The number of carboxylic acids is 1. The molecular weight excluding hydrogens is 320 g/mol. The standard InChI is InChI=1S/C19H24N2O4/c1-25-13-6-10-20(12-13)18(24)21-11-7-15(19(8-9-19)17(22)23)14-4-2-3-5-16(14)21/h2-5,13,15H,6-12H2,1H3,(H,22,23)/t13-,15?/m0/s1. The van der Waals surface area contributed by atoms with Crippen LogP contribution >= 0.6 is 0 Å². The summed E-state index contributed by atoms with van der Waals surface area (Å²) in [5, 5.41) is 9.68. The summed E-state index contributed by atoms with van der Waals surface area (Å²) in [7, 11) is 1.68. The van der Waals surface area contributed by atoms with E-state index in [2.05, 4.69) is 0 Å². The lowest BCUT2D eigenvalue weighted by atomic mass is 9.78. The third kappa shape index (κ3) is 2.59. The molecule has 4 rings (SSSR count). The van der Waals surface area contributed by atoms with Gasteiger partial charge in [0.25, 0.3) is 0 Å². The lowest BCUT2D eigenvalue weighted by Crippen LogP contribution is -2.46. The lowest BCUT2D eigenvalue weighted by molar-refractivity contribution is -0.144. The Morgan fingerprint density at radius 3 is 2.60 bits per heavy atom. The van der Waals surface area contributed by atoms with Gasteiger partial charge in [0, 0.05) is 38.3 Å². The molecule has 2 heterocycles. The second kappa shape index (κ2) is 6.02. The number of aliphatic carboxylic acids is 1. The van der Waals surface area contributed by atoms with Crippen LogP contribution in [-0.4, -0.2) is 54.9 Å². The van der Waals surface area contributed by atoms with Crippen molar-refractivity contribution < 1.29 is 19.4 Å². The minimum absolute atomic E-state index is 0.00412. The highest BCUT2D eigenvalue weighted by molar-refractivity contribution is 5.94. The van der Waals surface area contributed by atoms with Crippen molar-refractivity contribution in [1.82, 2.24) is 4.90 Å². The average molecular weight is 344 g/mol. The van der Waals surface area contributed by atoms with Gasteiger partial charge in [-0.1, -0.05) is 18.2 Å². The van der Waals surface area contributed by atoms with Crippen LogP contribution in [0.2, 0.25) is 0 Å². The fourth-order valence-corrected chi connectivity index (χ4v) is 4.45. The predicted octanol–water partition coefficient (Wildman–Crippen LogP) is 2.69. The summed E-state index contributed by atoms with van der Waals surface area (Å²) in [6.07, 6.45) is 3.14. The Bertz CT molecular complexity index is 700. The maximum Gasteiger partial charge on any atom is 0.324 e. The number of carboxylic acid groups (broad SMARTS) is 1. The zero-order chi connectivity index (χ0) is 17.6. The molecule has 1 saturated carbocycles. The Labute approximate surface area is 147 Å². The number of nitrogens with zero attached hydrogens (tertiary/aromatic N) is 2. The molecule has 2 atom stereocenters. The number of hydrogen-bond acceptors (Lipinski definition) is 3.